The van der Waals surface area contributed by atoms with Gasteiger partial charge in [-0.3, -0.25) is 4.79 Å². The van der Waals surface area contributed by atoms with Crippen molar-refractivity contribution >= 4 is 5.91 Å². The first-order chi connectivity index (χ1) is 4.22. The largest absolute Gasteiger partial charge is 0.396 e. The zero-order chi connectivity index (χ0) is 7.28. The quantitative estimate of drug-likeness (QED) is 0.513. The van der Waals surface area contributed by atoms with Crippen molar-refractivity contribution < 1.29 is 9.90 Å². The predicted molar refractivity (Wildman–Crippen MR) is 34.9 cm³/mol. The van der Waals surface area contributed by atoms with Crippen LogP contribution >= 0.6 is 0 Å². The molecule has 9 heavy (non-hydrogen) atoms. The smallest absolute Gasteiger partial charge is 0.246 e. The fourth-order valence-corrected chi connectivity index (χ4v) is 0.425. The Morgan fingerprint density at radius 1 is 1.78 bits per heavy atom. The van der Waals surface area contributed by atoms with Crippen molar-refractivity contribution in [2.45, 2.75) is 6.42 Å². The molecule has 0 unspecified atom stereocenters. The van der Waals surface area contributed by atoms with Crippen molar-refractivity contribution in [3.63, 3.8) is 0 Å². The maximum absolute atomic E-state index is 10.6. The molecule has 3 heteroatoms. The van der Waals surface area contributed by atoms with Gasteiger partial charge in [-0.15, -0.1) is 0 Å². The van der Waals surface area contributed by atoms with Gasteiger partial charge in [-0.25, -0.2) is 0 Å². The summed E-state index contributed by atoms with van der Waals surface area (Å²) in [5.41, 5.74) is 0.417. The van der Waals surface area contributed by atoms with E-state index in [4.69, 9.17) is 5.11 Å². The molecule has 0 aromatic carbocycles. The molecule has 0 radical (unpaired) electrons. The molecule has 1 amide bonds. The van der Waals surface area contributed by atoms with Crippen LogP contribution in [0.15, 0.2) is 12.2 Å². The highest BCUT2D eigenvalue weighted by atomic mass is 16.3. The maximum Gasteiger partial charge on any atom is 0.246 e. The monoisotopic (exact) mass is 129 g/mol. The SMILES string of the molecule is C=C(CCO)C(=O)NC. The van der Waals surface area contributed by atoms with Gasteiger partial charge in [0.15, 0.2) is 0 Å². The van der Waals surface area contributed by atoms with Crippen LogP contribution in [0.25, 0.3) is 0 Å². The summed E-state index contributed by atoms with van der Waals surface area (Å²) in [6.07, 6.45) is 0.347. The van der Waals surface area contributed by atoms with Crippen LogP contribution in [0.5, 0.6) is 0 Å². The third-order valence-corrected chi connectivity index (χ3v) is 0.962. The van der Waals surface area contributed by atoms with E-state index in [1.165, 1.54) is 7.05 Å². The summed E-state index contributed by atoms with van der Waals surface area (Å²) in [6, 6.07) is 0. The third kappa shape index (κ3) is 2.87. The molecule has 0 atom stereocenters. The Morgan fingerprint density at radius 2 is 2.33 bits per heavy atom. The first-order valence-electron chi connectivity index (χ1n) is 2.73. The minimum Gasteiger partial charge on any atom is -0.396 e. The van der Waals surface area contributed by atoms with Crippen LogP contribution in [0.2, 0.25) is 0 Å². The number of aliphatic hydroxyl groups is 1. The van der Waals surface area contributed by atoms with E-state index in [9.17, 15) is 4.79 Å². The lowest BCUT2D eigenvalue weighted by Gasteiger charge is -1.98. The van der Waals surface area contributed by atoms with Gasteiger partial charge in [0.05, 0.1) is 0 Å². The first kappa shape index (κ1) is 8.17. The van der Waals surface area contributed by atoms with Crippen LogP contribution in [0.4, 0.5) is 0 Å². The normalized spacial score (nSPS) is 8.67. The summed E-state index contributed by atoms with van der Waals surface area (Å²) < 4.78 is 0. The van der Waals surface area contributed by atoms with Crippen LogP contribution in [-0.2, 0) is 4.79 Å². The molecule has 0 aromatic heterocycles. The summed E-state index contributed by atoms with van der Waals surface area (Å²) >= 11 is 0. The number of rotatable bonds is 3. The Morgan fingerprint density at radius 3 is 2.67 bits per heavy atom. The van der Waals surface area contributed by atoms with Crippen molar-refractivity contribution in [1.29, 1.82) is 0 Å². The average molecular weight is 129 g/mol. The van der Waals surface area contributed by atoms with Crippen molar-refractivity contribution in [3.05, 3.63) is 12.2 Å². The van der Waals surface area contributed by atoms with Crippen molar-refractivity contribution in [2.75, 3.05) is 13.7 Å². The van der Waals surface area contributed by atoms with Gasteiger partial charge in [0.25, 0.3) is 0 Å². The highest BCUT2D eigenvalue weighted by Crippen LogP contribution is 1.94. The molecule has 0 aliphatic heterocycles. The maximum atomic E-state index is 10.6. The molecular weight excluding hydrogens is 118 g/mol. The lowest BCUT2D eigenvalue weighted by Crippen LogP contribution is -2.19. The van der Waals surface area contributed by atoms with Crippen LogP contribution in [0.3, 0.4) is 0 Å². The van der Waals surface area contributed by atoms with Crippen LogP contribution < -0.4 is 5.32 Å². The van der Waals surface area contributed by atoms with Crippen LogP contribution in [-0.4, -0.2) is 24.7 Å². The minimum absolute atomic E-state index is 0.0216. The van der Waals surface area contributed by atoms with E-state index in [-0.39, 0.29) is 12.5 Å². The van der Waals surface area contributed by atoms with Crippen LogP contribution in [0, 0.1) is 0 Å². The molecule has 52 valence electrons. The molecule has 0 fully saturated rings. The Balaban J connectivity index is 3.60. The standard InChI is InChI=1S/C6H11NO2/c1-5(3-4-8)6(9)7-2/h8H,1,3-4H2,2H3,(H,7,9). The highest BCUT2D eigenvalue weighted by Gasteiger charge is 2.00. The lowest BCUT2D eigenvalue weighted by atomic mass is 10.2. The second kappa shape index (κ2) is 4.09. The number of likely N-dealkylation sites (N-methyl/N-ethyl adjacent to an activating group) is 1. The van der Waals surface area contributed by atoms with Gasteiger partial charge < -0.3 is 10.4 Å². The predicted octanol–water partition coefficient (Wildman–Crippen LogP) is -0.329. The fraction of sp³-hybridized carbons (Fsp3) is 0.500. The van der Waals surface area contributed by atoms with E-state index >= 15 is 0 Å². The second-order valence-corrected chi connectivity index (χ2v) is 1.66. The van der Waals surface area contributed by atoms with Crippen molar-refractivity contribution in [1.82, 2.24) is 5.32 Å². The van der Waals surface area contributed by atoms with E-state index in [0.29, 0.717) is 12.0 Å². The van der Waals surface area contributed by atoms with Crippen molar-refractivity contribution in [3.8, 4) is 0 Å². The number of nitrogens with one attached hydrogen (secondary N) is 1. The molecular formula is C6H11NO2. The Labute approximate surface area is 54.4 Å². The highest BCUT2D eigenvalue weighted by molar-refractivity contribution is 5.92. The number of carbonyl (C=O) groups is 1. The molecule has 0 bridgehead atoms. The number of hydrogen-bond donors (Lipinski definition) is 2. The zero-order valence-electron chi connectivity index (χ0n) is 5.48. The molecule has 0 saturated carbocycles. The summed E-state index contributed by atoms with van der Waals surface area (Å²) in [5, 5.41) is 10.7. The molecule has 0 spiro atoms. The van der Waals surface area contributed by atoms with E-state index in [1.807, 2.05) is 0 Å². The Bertz CT molecular complexity index is 120. The summed E-state index contributed by atoms with van der Waals surface area (Å²) in [4.78, 5) is 10.6. The van der Waals surface area contributed by atoms with Gasteiger partial charge in [-0.2, -0.15) is 0 Å². The Hall–Kier alpha value is -0.830. The molecule has 0 aliphatic carbocycles. The van der Waals surface area contributed by atoms with Gasteiger partial charge in [0, 0.05) is 25.6 Å². The van der Waals surface area contributed by atoms with E-state index < -0.39 is 0 Å². The number of aliphatic hydroxyl groups excluding tert-OH is 1. The first-order valence-corrected chi connectivity index (χ1v) is 2.73. The number of amides is 1. The number of hydrogen-bond acceptors (Lipinski definition) is 2. The Kier molecular flexibility index (Phi) is 3.71. The second-order valence-electron chi connectivity index (χ2n) is 1.66. The molecule has 0 aromatic rings. The third-order valence-electron chi connectivity index (χ3n) is 0.962. The van der Waals surface area contributed by atoms with E-state index in [1.54, 1.807) is 0 Å². The van der Waals surface area contributed by atoms with Gasteiger partial charge in [0.2, 0.25) is 5.91 Å². The zero-order valence-corrected chi connectivity index (χ0v) is 5.48. The molecule has 0 rings (SSSR count). The lowest BCUT2D eigenvalue weighted by molar-refractivity contribution is -0.117. The summed E-state index contributed by atoms with van der Waals surface area (Å²) in [5.74, 6) is -0.205. The fourth-order valence-electron chi connectivity index (χ4n) is 0.425. The molecule has 2 N–H and O–H groups in total. The van der Waals surface area contributed by atoms with E-state index in [0.717, 1.165) is 0 Å². The van der Waals surface area contributed by atoms with Gasteiger partial charge >= 0.3 is 0 Å². The van der Waals surface area contributed by atoms with Crippen molar-refractivity contribution in [2.24, 2.45) is 0 Å². The minimum atomic E-state index is -0.205. The van der Waals surface area contributed by atoms with Gasteiger partial charge in [-0.1, -0.05) is 6.58 Å². The summed E-state index contributed by atoms with van der Waals surface area (Å²) in [6.45, 7) is 3.42. The van der Waals surface area contributed by atoms with Gasteiger partial charge in [-0.05, 0) is 0 Å². The van der Waals surface area contributed by atoms with Crippen LogP contribution in [0.1, 0.15) is 6.42 Å². The van der Waals surface area contributed by atoms with E-state index in [2.05, 4.69) is 11.9 Å². The topological polar surface area (TPSA) is 49.3 Å². The molecule has 3 nitrogen and oxygen atoms in total. The average Bonchev–Trinajstić information content (AvgIpc) is 1.87. The molecule has 0 heterocycles. The van der Waals surface area contributed by atoms with Gasteiger partial charge in [0.1, 0.15) is 0 Å². The number of carbonyl (C=O) groups excluding carboxylic acids is 1. The molecule has 0 saturated heterocycles. The summed E-state index contributed by atoms with van der Waals surface area (Å²) in [7, 11) is 1.53. The molecule has 0 aliphatic rings.